The predicted octanol–water partition coefficient (Wildman–Crippen LogP) is 3.11. The van der Waals surface area contributed by atoms with Gasteiger partial charge in [-0.2, -0.15) is 5.10 Å². The average Bonchev–Trinajstić information content (AvgIpc) is 3.41. The highest BCUT2D eigenvalue weighted by Gasteiger charge is 2.27. The van der Waals surface area contributed by atoms with E-state index in [9.17, 15) is 14.7 Å². The van der Waals surface area contributed by atoms with E-state index in [0.717, 1.165) is 34.9 Å². The minimum absolute atomic E-state index is 0.0621. The number of carboxylic acids is 1. The van der Waals surface area contributed by atoms with Gasteiger partial charge in [-0.1, -0.05) is 42.5 Å². The molecule has 0 radical (unpaired) electrons. The van der Waals surface area contributed by atoms with Crippen LogP contribution < -0.4 is 5.32 Å². The Bertz CT molecular complexity index is 991. The summed E-state index contributed by atoms with van der Waals surface area (Å²) in [5, 5.41) is 21.4. The smallest absolute Gasteiger partial charge is 0.308 e. The predicted molar refractivity (Wildman–Crippen MR) is 102 cm³/mol. The standard InChI is InChI=1S/C21H21N3O3/c25-20(19-11-18(23-24-19)15-7-8-15)22-12-17(21(26)27)10-13-5-6-14-3-1-2-4-16(14)9-13/h1-6,9,11,15,17H,7-8,10,12H2,(H,22,25)(H,23,24)(H,26,27). The van der Waals surface area contributed by atoms with Gasteiger partial charge in [-0.3, -0.25) is 14.7 Å². The van der Waals surface area contributed by atoms with E-state index >= 15 is 0 Å². The number of benzene rings is 2. The van der Waals surface area contributed by atoms with E-state index < -0.39 is 11.9 Å². The van der Waals surface area contributed by atoms with Crippen LogP contribution in [-0.2, 0) is 11.2 Å². The molecular formula is C21H21N3O3. The summed E-state index contributed by atoms with van der Waals surface area (Å²) < 4.78 is 0. The summed E-state index contributed by atoms with van der Waals surface area (Å²) in [6.45, 7) is 0.0621. The number of aliphatic carboxylic acids is 1. The van der Waals surface area contributed by atoms with Gasteiger partial charge in [0.1, 0.15) is 5.69 Å². The number of nitrogens with one attached hydrogen (secondary N) is 2. The van der Waals surface area contributed by atoms with Crippen LogP contribution in [0.4, 0.5) is 0 Å². The van der Waals surface area contributed by atoms with Crippen LogP contribution in [0.2, 0.25) is 0 Å². The van der Waals surface area contributed by atoms with Gasteiger partial charge in [0, 0.05) is 18.2 Å². The van der Waals surface area contributed by atoms with Crippen LogP contribution in [0.5, 0.6) is 0 Å². The van der Waals surface area contributed by atoms with E-state index in [1.165, 1.54) is 0 Å². The fourth-order valence-electron chi connectivity index (χ4n) is 3.26. The first-order chi connectivity index (χ1) is 13.1. The number of hydrogen-bond acceptors (Lipinski definition) is 3. The maximum absolute atomic E-state index is 12.3. The van der Waals surface area contributed by atoms with Gasteiger partial charge in [0.2, 0.25) is 0 Å². The third-order valence-corrected chi connectivity index (χ3v) is 5.00. The van der Waals surface area contributed by atoms with Gasteiger partial charge < -0.3 is 10.4 Å². The molecule has 6 heteroatoms. The summed E-state index contributed by atoms with van der Waals surface area (Å²) >= 11 is 0. The van der Waals surface area contributed by atoms with Gasteiger partial charge in [0.05, 0.1) is 5.92 Å². The quantitative estimate of drug-likeness (QED) is 0.601. The molecule has 1 aliphatic carbocycles. The molecule has 138 valence electrons. The summed E-state index contributed by atoms with van der Waals surface area (Å²) in [6, 6.07) is 15.6. The van der Waals surface area contributed by atoms with Crippen LogP contribution >= 0.6 is 0 Å². The lowest BCUT2D eigenvalue weighted by Crippen LogP contribution is -2.34. The summed E-state index contributed by atoms with van der Waals surface area (Å²) in [6.07, 6.45) is 2.60. The fraction of sp³-hybridized carbons (Fsp3) is 0.286. The lowest BCUT2D eigenvalue weighted by molar-refractivity contribution is -0.141. The van der Waals surface area contributed by atoms with Crippen molar-refractivity contribution in [1.29, 1.82) is 0 Å². The highest BCUT2D eigenvalue weighted by molar-refractivity contribution is 5.92. The van der Waals surface area contributed by atoms with Crippen LogP contribution in [0.15, 0.2) is 48.5 Å². The number of aromatic nitrogens is 2. The first kappa shape index (κ1) is 17.3. The molecule has 1 unspecified atom stereocenters. The van der Waals surface area contributed by atoms with Crippen molar-refractivity contribution in [3.63, 3.8) is 0 Å². The van der Waals surface area contributed by atoms with E-state index in [2.05, 4.69) is 15.5 Å². The van der Waals surface area contributed by atoms with Crippen molar-refractivity contribution >= 4 is 22.6 Å². The van der Waals surface area contributed by atoms with Gasteiger partial charge in [0.15, 0.2) is 0 Å². The van der Waals surface area contributed by atoms with Gasteiger partial charge >= 0.3 is 5.97 Å². The molecule has 2 aromatic carbocycles. The molecule has 1 fully saturated rings. The number of nitrogens with zero attached hydrogens (tertiary/aromatic N) is 1. The summed E-state index contributed by atoms with van der Waals surface area (Å²) in [5.74, 6) is -1.48. The zero-order chi connectivity index (χ0) is 18.8. The van der Waals surface area contributed by atoms with E-state index in [1.54, 1.807) is 6.07 Å². The van der Waals surface area contributed by atoms with Gasteiger partial charge in [-0.05, 0) is 41.7 Å². The average molecular weight is 363 g/mol. The number of carbonyl (C=O) groups excluding carboxylic acids is 1. The molecule has 1 amide bonds. The molecule has 3 aromatic rings. The maximum Gasteiger partial charge on any atom is 0.308 e. The molecule has 27 heavy (non-hydrogen) atoms. The van der Waals surface area contributed by atoms with Crippen LogP contribution in [0.3, 0.4) is 0 Å². The Labute approximate surface area is 156 Å². The Morgan fingerprint density at radius 3 is 2.67 bits per heavy atom. The Morgan fingerprint density at radius 2 is 1.93 bits per heavy atom. The molecular weight excluding hydrogens is 342 g/mol. The first-order valence-electron chi connectivity index (χ1n) is 9.14. The maximum atomic E-state index is 12.3. The van der Waals surface area contributed by atoms with E-state index in [4.69, 9.17) is 0 Å². The minimum atomic E-state index is -0.927. The molecule has 0 spiro atoms. The Balaban J connectivity index is 1.40. The normalized spacial score (nSPS) is 14.8. The first-order valence-corrected chi connectivity index (χ1v) is 9.14. The third-order valence-electron chi connectivity index (χ3n) is 5.00. The number of amides is 1. The molecule has 0 saturated heterocycles. The molecule has 6 nitrogen and oxygen atoms in total. The lowest BCUT2D eigenvalue weighted by Gasteiger charge is -2.13. The van der Waals surface area contributed by atoms with Crippen molar-refractivity contribution in [2.24, 2.45) is 5.92 Å². The molecule has 1 saturated carbocycles. The number of fused-ring (bicyclic) bond motifs is 1. The van der Waals surface area contributed by atoms with Crippen LogP contribution in [-0.4, -0.2) is 33.7 Å². The zero-order valence-electron chi connectivity index (χ0n) is 14.8. The lowest BCUT2D eigenvalue weighted by atomic mass is 9.97. The second kappa shape index (κ2) is 7.23. The second-order valence-corrected chi connectivity index (χ2v) is 7.11. The Kier molecular flexibility index (Phi) is 4.62. The van der Waals surface area contributed by atoms with Crippen LogP contribution in [0.1, 0.15) is 40.5 Å². The summed E-state index contributed by atoms with van der Waals surface area (Å²) in [5.41, 5.74) is 2.23. The number of rotatable bonds is 7. The van der Waals surface area contributed by atoms with Crippen molar-refractivity contribution in [3.05, 3.63) is 65.5 Å². The van der Waals surface area contributed by atoms with Crippen molar-refractivity contribution in [2.45, 2.75) is 25.2 Å². The zero-order valence-corrected chi connectivity index (χ0v) is 14.8. The van der Waals surface area contributed by atoms with Crippen molar-refractivity contribution in [2.75, 3.05) is 6.54 Å². The van der Waals surface area contributed by atoms with Crippen molar-refractivity contribution < 1.29 is 14.7 Å². The highest BCUT2D eigenvalue weighted by Crippen LogP contribution is 2.38. The third kappa shape index (κ3) is 4.00. The van der Waals surface area contributed by atoms with Crippen LogP contribution in [0.25, 0.3) is 10.8 Å². The Morgan fingerprint density at radius 1 is 1.15 bits per heavy atom. The fourth-order valence-corrected chi connectivity index (χ4v) is 3.26. The molecule has 0 bridgehead atoms. The van der Waals surface area contributed by atoms with E-state index in [1.807, 2.05) is 42.5 Å². The van der Waals surface area contributed by atoms with E-state index in [0.29, 0.717) is 18.0 Å². The molecule has 1 atom stereocenters. The van der Waals surface area contributed by atoms with Crippen molar-refractivity contribution in [3.8, 4) is 0 Å². The number of carbonyl (C=O) groups is 2. The van der Waals surface area contributed by atoms with Crippen molar-refractivity contribution in [1.82, 2.24) is 15.5 Å². The summed E-state index contributed by atoms with van der Waals surface area (Å²) in [4.78, 5) is 23.9. The summed E-state index contributed by atoms with van der Waals surface area (Å²) in [7, 11) is 0. The molecule has 3 N–H and O–H groups in total. The second-order valence-electron chi connectivity index (χ2n) is 7.11. The number of aromatic amines is 1. The van der Waals surface area contributed by atoms with Crippen LogP contribution in [0, 0.1) is 5.92 Å². The number of hydrogen-bond donors (Lipinski definition) is 3. The minimum Gasteiger partial charge on any atom is -0.481 e. The molecule has 1 aromatic heterocycles. The topological polar surface area (TPSA) is 95.1 Å². The number of carboxylic acid groups (broad SMARTS) is 1. The molecule has 1 heterocycles. The van der Waals surface area contributed by atoms with E-state index in [-0.39, 0.29) is 12.5 Å². The van der Waals surface area contributed by atoms with Gasteiger partial charge in [0.25, 0.3) is 5.91 Å². The van der Waals surface area contributed by atoms with Gasteiger partial charge in [-0.15, -0.1) is 0 Å². The molecule has 1 aliphatic rings. The molecule has 0 aliphatic heterocycles. The largest absolute Gasteiger partial charge is 0.481 e. The molecule has 4 rings (SSSR count). The highest BCUT2D eigenvalue weighted by atomic mass is 16.4. The number of H-pyrrole nitrogens is 1. The SMILES string of the molecule is O=C(NCC(Cc1ccc2ccccc2c1)C(=O)O)c1cc(C2CC2)[nH]n1. The Hall–Kier alpha value is -3.15. The van der Waals surface area contributed by atoms with Gasteiger partial charge in [-0.25, -0.2) is 0 Å². The monoisotopic (exact) mass is 363 g/mol.